The van der Waals surface area contributed by atoms with Gasteiger partial charge in [-0.3, -0.25) is 4.57 Å². The van der Waals surface area contributed by atoms with Crippen LogP contribution in [-0.4, -0.2) is 27.8 Å². The molecular weight excluding hydrogens is 286 g/mol. The van der Waals surface area contributed by atoms with Crippen molar-refractivity contribution in [2.45, 2.75) is 49.7 Å². The fourth-order valence-electron chi connectivity index (χ4n) is 2.12. The van der Waals surface area contributed by atoms with Gasteiger partial charge in [-0.25, -0.2) is 4.79 Å². The normalized spacial score (nSPS) is 21.5. The van der Waals surface area contributed by atoms with Crippen LogP contribution in [0, 0.1) is 0 Å². The molecule has 0 saturated carbocycles. The number of nitrogens with zero attached hydrogens (tertiary/aromatic N) is 1. The average Bonchev–Trinajstić information content (AvgIpc) is 2.95. The third-order valence-corrected chi connectivity index (χ3v) is 4.47. The van der Waals surface area contributed by atoms with Crippen LogP contribution in [-0.2, 0) is 9.47 Å². The summed E-state index contributed by atoms with van der Waals surface area (Å²) in [5.74, 6) is 0. The summed E-state index contributed by atoms with van der Waals surface area (Å²) in [5.41, 5.74) is 0.537. The Morgan fingerprint density at radius 3 is 2.62 bits per heavy atom. The standard InChI is InChI=1S/C16H19NO3S/c1-10-14(19-10)21-13-9-17(15(18)20-16(2,3)4)12-8-6-5-7-11(12)13/h5-10,14H,1-4H3. The Balaban J connectivity index is 1.96. The molecule has 5 heteroatoms. The molecule has 1 saturated heterocycles. The lowest BCUT2D eigenvalue weighted by molar-refractivity contribution is 0.0544. The van der Waals surface area contributed by atoms with Crippen LogP contribution in [0.15, 0.2) is 35.4 Å². The van der Waals surface area contributed by atoms with Gasteiger partial charge in [0.2, 0.25) is 0 Å². The Labute approximate surface area is 128 Å². The summed E-state index contributed by atoms with van der Waals surface area (Å²) >= 11 is 1.65. The predicted octanol–water partition coefficient (Wildman–Crippen LogP) is 4.26. The van der Waals surface area contributed by atoms with Crippen LogP contribution in [0.5, 0.6) is 0 Å². The molecule has 1 aliphatic heterocycles. The van der Waals surface area contributed by atoms with Crippen LogP contribution in [0.3, 0.4) is 0 Å². The highest BCUT2D eigenvalue weighted by Crippen LogP contribution is 2.41. The predicted molar refractivity (Wildman–Crippen MR) is 83.8 cm³/mol. The molecule has 0 aliphatic carbocycles. The molecule has 0 amide bonds. The van der Waals surface area contributed by atoms with Gasteiger partial charge in [-0.2, -0.15) is 0 Å². The van der Waals surface area contributed by atoms with E-state index in [1.165, 1.54) is 0 Å². The molecule has 1 fully saturated rings. The molecule has 112 valence electrons. The molecule has 3 rings (SSSR count). The lowest BCUT2D eigenvalue weighted by atomic mass is 10.2. The van der Waals surface area contributed by atoms with Crippen molar-refractivity contribution in [1.82, 2.24) is 4.57 Å². The van der Waals surface area contributed by atoms with Crippen molar-refractivity contribution in [2.24, 2.45) is 0 Å². The zero-order chi connectivity index (χ0) is 15.2. The number of thioether (sulfide) groups is 1. The number of epoxide rings is 1. The first-order valence-corrected chi connectivity index (χ1v) is 7.89. The second-order valence-corrected chi connectivity index (χ2v) is 7.33. The monoisotopic (exact) mass is 305 g/mol. The first-order valence-electron chi connectivity index (χ1n) is 7.01. The molecule has 1 aliphatic rings. The van der Waals surface area contributed by atoms with Crippen LogP contribution in [0.4, 0.5) is 4.79 Å². The highest BCUT2D eigenvalue weighted by atomic mass is 32.2. The Hall–Kier alpha value is -1.46. The number of aromatic nitrogens is 1. The van der Waals surface area contributed by atoms with Gasteiger partial charge in [-0.1, -0.05) is 30.0 Å². The van der Waals surface area contributed by atoms with Gasteiger partial charge in [0.05, 0.1) is 11.6 Å². The number of fused-ring (bicyclic) bond motifs is 1. The van der Waals surface area contributed by atoms with Crippen LogP contribution in [0.1, 0.15) is 27.7 Å². The van der Waals surface area contributed by atoms with Gasteiger partial charge in [-0.15, -0.1) is 0 Å². The van der Waals surface area contributed by atoms with Crippen molar-refractivity contribution < 1.29 is 14.3 Å². The van der Waals surface area contributed by atoms with E-state index in [4.69, 9.17) is 9.47 Å². The third-order valence-electron chi connectivity index (χ3n) is 3.16. The highest BCUT2D eigenvalue weighted by Gasteiger charge is 2.36. The second kappa shape index (κ2) is 5.07. The molecule has 4 nitrogen and oxygen atoms in total. The molecule has 1 aromatic carbocycles. The zero-order valence-corrected chi connectivity index (χ0v) is 13.4. The van der Waals surface area contributed by atoms with Gasteiger partial charge in [0, 0.05) is 16.5 Å². The van der Waals surface area contributed by atoms with Crippen LogP contribution in [0.2, 0.25) is 0 Å². The molecule has 2 heterocycles. The maximum atomic E-state index is 12.4. The first-order chi connectivity index (χ1) is 9.85. The van der Waals surface area contributed by atoms with Crippen molar-refractivity contribution in [3.8, 4) is 0 Å². The minimum absolute atomic E-state index is 0.183. The number of carbonyl (C=O) groups is 1. The van der Waals surface area contributed by atoms with E-state index in [-0.39, 0.29) is 17.6 Å². The number of rotatable bonds is 2. The Bertz CT molecular complexity index is 686. The summed E-state index contributed by atoms with van der Waals surface area (Å²) in [6.07, 6.45) is 1.77. The number of para-hydroxylation sites is 1. The minimum atomic E-state index is -0.510. The Morgan fingerprint density at radius 2 is 2.00 bits per heavy atom. The maximum Gasteiger partial charge on any atom is 0.419 e. The van der Waals surface area contributed by atoms with Crippen LogP contribution >= 0.6 is 11.8 Å². The number of hydrogen-bond acceptors (Lipinski definition) is 4. The van der Waals surface area contributed by atoms with Gasteiger partial charge < -0.3 is 9.47 Å². The second-order valence-electron chi connectivity index (χ2n) is 6.19. The molecule has 0 bridgehead atoms. The summed E-state index contributed by atoms with van der Waals surface area (Å²) in [6, 6.07) is 7.85. The lowest BCUT2D eigenvalue weighted by Gasteiger charge is -2.19. The maximum absolute atomic E-state index is 12.4. The third kappa shape index (κ3) is 3.09. The van der Waals surface area contributed by atoms with Crippen LogP contribution in [0.25, 0.3) is 10.9 Å². The van der Waals surface area contributed by atoms with Gasteiger partial charge in [0.25, 0.3) is 0 Å². The van der Waals surface area contributed by atoms with Gasteiger partial charge >= 0.3 is 6.09 Å². The molecule has 1 aromatic heterocycles. The largest absolute Gasteiger partial charge is 0.443 e. The van der Waals surface area contributed by atoms with E-state index in [0.717, 1.165) is 15.8 Å². The van der Waals surface area contributed by atoms with E-state index in [0.29, 0.717) is 0 Å². The lowest BCUT2D eigenvalue weighted by Crippen LogP contribution is -2.26. The molecule has 2 aromatic rings. The highest BCUT2D eigenvalue weighted by molar-refractivity contribution is 8.00. The van der Waals surface area contributed by atoms with Crippen molar-refractivity contribution >= 4 is 28.8 Å². The molecule has 2 atom stereocenters. The molecule has 0 spiro atoms. The Morgan fingerprint density at radius 1 is 1.33 bits per heavy atom. The summed E-state index contributed by atoms with van der Waals surface area (Å²) in [7, 11) is 0. The van der Waals surface area contributed by atoms with E-state index in [2.05, 4.69) is 0 Å². The molecule has 0 N–H and O–H groups in total. The van der Waals surface area contributed by atoms with Gasteiger partial charge in [0.15, 0.2) is 0 Å². The molecule has 0 radical (unpaired) electrons. The van der Waals surface area contributed by atoms with Crippen LogP contribution < -0.4 is 0 Å². The Kier molecular flexibility index (Phi) is 3.50. The SMILES string of the molecule is CC1OC1Sc1cn(C(=O)OC(C)(C)C)c2ccccc12. The van der Waals surface area contributed by atoms with Gasteiger partial charge in [0.1, 0.15) is 11.0 Å². The van der Waals surface area contributed by atoms with E-state index in [9.17, 15) is 4.79 Å². The minimum Gasteiger partial charge on any atom is -0.443 e. The van der Waals surface area contributed by atoms with E-state index >= 15 is 0 Å². The first kappa shape index (κ1) is 14.5. The fraction of sp³-hybridized carbons (Fsp3) is 0.438. The van der Waals surface area contributed by atoms with Crippen molar-refractivity contribution in [1.29, 1.82) is 0 Å². The number of hydrogen-bond donors (Lipinski definition) is 0. The topological polar surface area (TPSA) is 43.8 Å². The fourth-order valence-corrected chi connectivity index (χ4v) is 3.26. The van der Waals surface area contributed by atoms with Crippen molar-refractivity contribution in [2.75, 3.05) is 0 Å². The summed E-state index contributed by atoms with van der Waals surface area (Å²) < 4.78 is 12.5. The van der Waals surface area contributed by atoms with E-state index in [1.807, 2.05) is 58.2 Å². The smallest absolute Gasteiger partial charge is 0.419 e. The number of benzene rings is 1. The molecular formula is C16H19NO3S. The molecule has 2 unspecified atom stereocenters. The summed E-state index contributed by atoms with van der Waals surface area (Å²) in [6.45, 7) is 7.65. The molecule has 21 heavy (non-hydrogen) atoms. The quantitative estimate of drug-likeness (QED) is 0.778. The number of ether oxygens (including phenoxy) is 2. The van der Waals surface area contributed by atoms with Gasteiger partial charge in [-0.05, 0) is 33.8 Å². The number of carbonyl (C=O) groups excluding carboxylic acids is 1. The summed E-state index contributed by atoms with van der Waals surface area (Å²) in [4.78, 5) is 13.4. The van der Waals surface area contributed by atoms with Crippen molar-refractivity contribution in [3.63, 3.8) is 0 Å². The van der Waals surface area contributed by atoms with E-state index < -0.39 is 5.60 Å². The zero-order valence-electron chi connectivity index (χ0n) is 12.6. The average molecular weight is 305 g/mol. The van der Waals surface area contributed by atoms with Crippen molar-refractivity contribution in [3.05, 3.63) is 30.5 Å². The van der Waals surface area contributed by atoms with E-state index in [1.54, 1.807) is 16.3 Å². The summed E-state index contributed by atoms with van der Waals surface area (Å²) in [5, 5.41) is 1.05.